The summed E-state index contributed by atoms with van der Waals surface area (Å²) in [6, 6.07) is 59.8. The van der Waals surface area contributed by atoms with Crippen molar-refractivity contribution in [2.45, 2.75) is 12.8 Å². The molecule has 52 heavy (non-hydrogen) atoms. The molecule has 0 amide bonds. The van der Waals surface area contributed by atoms with Crippen molar-refractivity contribution in [3.8, 4) is 44.5 Å². The van der Waals surface area contributed by atoms with E-state index in [4.69, 9.17) is 0 Å². The number of hydrogen-bond acceptors (Lipinski definition) is 2. The van der Waals surface area contributed by atoms with Gasteiger partial charge in [0.15, 0.2) is 0 Å². The fourth-order valence-corrected chi connectivity index (χ4v) is 8.57. The summed E-state index contributed by atoms with van der Waals surface area (Å²) in [5.41, 5.74) is 21.1. The molecule has 0 saturated carbocycles. The summed E-state index contributed by atoms with van der Waals surface area (Å²) < 4.78 is 0. The highest BCUT2D eigenvalue weighted by Crippen LogP contribution is 2.52. The summed E-state index contributed by atoms with van der Waals surface area (Å²) in [7, 11) is 0. The fourth-order valence-electron chi connectivity index (χ4n) is 8.57. The van der Waals surface area contributed by atoms with Gasteiger partial charge >= 0.3 is 0 Å². The summed E-state index contributed by atoms with van der Waals surface area (Å²) in [5, 5.41) is 0. The maximum Gasteiger partial charge on any atom is 0.0540 e. The van der Waals surface area contributed by atoms with Gasteiger partial charge in [-0.3, -0.25) is 0 Å². The Kier molecular flexibility index (Phi) is 7.14. The average Bonchev–Trinajstić information content (AvgIpc) is 3.49. The van der Waals surface area contributed by atoms with Crippen LogP contribution in [0.3, 0.4) is 0 Å². The molecule has 2 heterocycles. The Bertz CT molecular complexity index is 2490. The minimum absolute atomic E-state index is 0.895. The minimum atomic E-state index is 0.895. The van der Waals surface area contributed by atoms with Crippen LogP contribution >= 0.6 is 0 Å². The van der Waals surface area contributed by atoms with E-state index >= 15 is 0 Å². The Morgan fingerprint density at radius 2 is 0.846 bits per heavy atom. The van der Waals surface area contributed by atoms with Crippen molar-refractivity contribution >= 4 is 28.4 Å². The van der Waals surface area contributed by atoms with Gasteiger partial charge in [0.2, 0.25) is 0 Å². The molecule has 0 N–H and O–H groups in total. The van der Waals surface area contributed by atoms with Crippen molar-refractivity contribution < 1.29 is 0 Å². The molecule has 2 heteroatoms. The number of allylic oxidation sites excluding steroid dienone is 4. The Hall–Kier alpha value is -6.64. The largest absolute Gasteiger partial charge is 0.309 e. The molecule has 0 fully saturated rings. The van der Waals surface area contributed by atoms with Crippen LogP contribution in [-0.2, 0) is 12.8 Å². The van der Waals surface area contributed by atoms with E-state index in [-0.39, 0.29) is 0 Å². The standard InChI is InChI=1S/C50H36N2/c1-2-15-37(51-47-24-11-7-20-43(47)39-16-3-4-17-40(39)44-21-8-12-25-48(44)51)32-34-30-35-28-29-38(33-36(35)31-34)52-49-26-13-9-22-45(49)41-18-5-6-19-42(41)46-23-10-14-27-50(46)52/h2-29,32-33H,1,30-31H2. The smallest absolute Gasteiger partial charge is 0.0540 e. The molecule has 1 aliphatic carbocycles. The molecule has 2 aliphatic heterocycles. The van der Waals surface area contributed by atoms with Crippen molar-refractivity contribution in [1.29, 1.82) is 0 Å². The maximum absolute atomic E-state index is 4.17. The van der Waals surface area contributed by atoms with Crippen LogP contribution in [0.1, 0.15) is 11.1 Å². The Morgan fingerprint density at radius 1 is 0.442 bits per heavy atom. The highest BCUT2D eigenvalue weighted by atomic mass is 15.2. The lowest BCUT2D eigenvalue weighted by Crippen LogP contribution is -2.16. The first-order valence-electron chi connectivity index (χ1n) is 18.1. The number of rotatable bonds is 4. The van der Waals surface area contributed by atoms with Crippen molar-refractivity contribution in [2.75, 3.05) is 9.80 Å². The summed E-state index contributed by atoms with van der Waals surface area (Å²) >= 11 is 0. The first-order chi connectivity index (χ1) is 25.8. The van der Waals surface area contributed by atoms with Crippen LogP contribution in [0.2, 0.25) is 0 Å². The molecule has 2 nitrogen and oxygen atoms in total. The van der Waals surface area contributed by atoms with Crippen LogP contribution in [0.25, 0.3) is 44.5 Å². The zero-order valence-electron chi connectivity index (χ0n) is 28.8. The van der Waals surface area contributed by atoms with Crippen molar-refractivity contribution in [2.24, 2.45) is 0 Å². The molecular weight excluding hydrogens is 629 g/mol. The van der Waals surface area contributed by atoms with E-state index in [2.05, 4.69) is 192 Å². The third-order valence-corrected chi connectivity index (χ3v) is 10.8. The van der Waals surface area contributed by atoms with Crippen LogP contribution in [0.5, 0.6) is 0 Å². The minimum Gasteiger partial charge on any atom is -0.309 e. The molecule has 0 bridgehead atoms. The summed E-state index contributed by atoms with van der Waals surface area (Å²) in [6.07, 6.45) is 8.29. The molecule has 0 unspecified atom stereocenters. The normalized spacial score (nSPS) is 14.5. The van der Waals surface area contributed by atoms with Crippen molar-refractivity contribution in [3.05, 3.63) is 211 Å². The summed E-state index contributed by atoms with van der Waals surface area (Å²) in [4.78, 5) is 4.88. The fraction of sp³-hybridized carbons (Fsp3) is 0.0400. The van der Waals surface area contributed by atoms with E-state index in [0.29, 0.717) is 0 Å². The van der Waals surface area contributed by atoms with Crippen LogP contribution < -0.4 is 9.80 Å². The summed E-state index contributed by atoms with van der Waals surface area (Å²) in [5.74, 6) is 0. The number of nitrogens with zero attached hydrogens (tertiary/aromatic N) is 2. The molecule has 0 spiro atoms. The number of benzene rings is 7. The third-order valence-electron chi connectivity index (χ3n) is 10.8. The average molecular weight is 665 g/mol. The molecule has 7 aromatic rings. The van der Waals surface area contributed by atoms with Crippen LogP contribution in [0.4, 0.5) is 28.4 Å². The quantitative estimate of drug-likeness (QED) is 0.173. The van der Waals surface area contributed by atoms with Crippen LogP contribution in [0, 0.1) is 0 Å². The lowest BCUT2D eigenvalue weighted by Gasteiger charge is -2.28. The van der Waals surface area contributed by atoms with Gasteiger partial charge in [0.05, 0.1) is 22.7 Å². The van der Waals surface area contributed by atoms with Gasteiger partial charge in [-0.1, -0.05) is 146 Å². The van der Waals surface area contributed by atoms with E-state index in [1.165, 1.54) is 89.6 Å². The summed E-state index contributed by atoms with van der Waals surface area (Å²) in [6.45, 7) is 4.17. The van der Waals surface area contributed by atoms with Gasteiger partial charge in [-0.05, 0) is 94.8 Å². The Morgan fingerprint density at radius 3 is 1.33 bits per heavy atom. The monoisotopic (exact) mass is 664 g/mol. The number of hydrogen-bond donors (Lipinski definition) is 0. The van der Waals surface area contributed by atoms with E-state index in [1.807, 2.05) is 6.08 Å². The first kappa shape index (κ1) is 30.2. The molecule has 0 atom stereocenters. The van der Waals surface area contributed by atoms with Gasteiger partial charge in [-0.15, -0.1) is 0 Å². The van der Waals surface area contributed by atoms with Gasteiger partial charge in [0.25, 0.3) is 0 Å². The molecule has 3 aliphatic rings. The maximum atomic E-state index is 4.17. The third kappa shape index (κ3) is 4.80. The second kappa shape index (κ2) is 12.3. The van der Waals surface area contributed by atoms with E-state index < -0.39 is 0 Å². The lowest BCUT2D eigenvalue weighted by atomic mass is 9.95. The van der Waals surface area contributed by atoms with Gasteiger partial charge in [-0.2, -0.15) is 0 Å². The Balaban J connectivity index is 1.07. The molecule has 246 valence electrons. The topological polar surface area (TPSA) is 6.48 Å². The number of para-hydroxylation sites is 4. The molecule has 0 aromatic heterocycles. The second-order valence-corrected chi connectivity index (χ2v) is 13.8. The van der Waals surface area contributed by atoms with E-state index in [0.717, 1.165) is 18.5 Å². The first-order valence-corrected chi connectivity index (χ1v) is 18.1. The van der Waals surface area contributed by atoms with Crippen molar-refractivity contribution in [1.82, 2.24) is 0 Å². The van der Waals surface area contributed by atoms with Gasteiger partial charge in [-0.25, -0.2) is 0 Å². The molecule has 0 radical (unpaired) electrons. The van der Waals surface area contributed by atoms with E-state index in [9.17, 15) is 0 Å². The van der Waals surface area contributed by atoms with Crippen LogP contribution in [-0.4, -0.2) is 0 Å². The van der Waals surface area contributed by atoms with Crippen LogP contribution in [0.15, 0.2) is 200 Å². The van der Waals surface area contributed by atoms with Gasteiger partial charge in [0, 0.05) is 33.6 Å². The van der Waals surface area contributed by atoms with Crippen molar-refractivity contribution in [3.63, 3.8) is 0 Å². The predicted octanol–water partition coefficient (Wildman–Crippen LogP) is 13.4. The zero-order chi connectivity index (χ0) is 34.6. The highest BCUT2D eigenvalue weighted by molar-refractivity contribution is 6.03. The molecule has 0 saturated heterocycles. The lowest BCUT2D eigenvalue weighted by molar-refractivity contribution is 1.13. The SMILES string of the molecule is C=CC=C(C=C1Cc2ccc(N3c4ccccc4-c4ccccc4-c4ccccc43)cc2C1)N1c2ccccc2-c2ccccc2-c2ccccc21. The molecule has 10 rings (SSSR count). The number of fused-ring (bicyclic) bond motifs is 11. The zero-order valence-corrected chi connectivity index (χ0v) is 28.8. The van der Waals surface area contributed by atoms with Gasteiger partial charge in [0.1, 0.15) is 0 Å². The second-order valence-electron chi connectivity index (χ2n) is 13.8. The molecule has 7 aromatic carbocycles. The number of anilines is 5. The van der Waals surface area contributed by atoms with Gasteiger partial charge < -0.3 is 9.80 Å². The predicted molar refractivity (Wildman–Crippen MR) is 219 cm³/mol. The molecular formula is C50H36N2. The highest BCUT2D eigenvalue weighted by Gasteiger charge is 2.29. The Labute approximate surface area is 305 Å². The van der Waals surface area contributed by atoms with E-state index in [1.54, 1.807) is 0 Å².